The molecule has 0 saturated carbocycles. The minimum Gasteiger partial charge on any atom is -0.300 e. The average Bonchev–Trinajstić information content (AvgIpc) is 2.57. The van der Waals surface area contributed by atoms with Crippen LogP contribution in [0.3, 0.4) is 0 Å². The second-order valence-electron chi connectivity index (χ2n) is 6.94. The molecule has 2 N–H and O–H groups in total. The first-order chi connectivity index (χ1) is 12.1. The van der Waals surface area contributed by atoms with Crippen LogP contribution in [0.5, 0.6) is 0 Å². The van der Waals surface area contributed by atoms with E-state index in [1.165, 1.54) is 0 Å². The molecule has 12 heteroatoms. The van der Waals surface area contributed by atoms with Gasteiger partial charge in [0.05, 0.1) is 11.5 Å². The molecule has 2 aliphatic rings. The first-order valence-electron chi connectivity index (χ1n) is 8.90. The fraction of sp³-hybridized carbons (Fsp3) is 1.00. The van der Waals surface area contributed by atoms with Crippen molar-refractivity contribution in [3.05, 3.63) is 0 Å². The van der Waals surface area contributed by atoms with Crippen molar-refractivity contribution >= 4 is 20.2 Å². The van der Waals surface area contributed by atoms with Crippen molar-refractivity contribution in [1.82, 2.24) is 19.6 Å². The van der Waals surface area contributed by atoms with Crippen molar-refractivity contribution in [2.75, 3.05) is 90.0 Å². The lowest BCUT2D eigenvalue weighted by atomic mass is 10.3. The molecule has 0 aromatic rings. The third kappa shape index (κ3) is 9.04. The van der Waals surface area contributed by atoms with Crippen molar-refractivity contribution in [2.24, 2.45) is 0 Å². The van der Waals surface area contributed by atoms with E-state index in [9.17, 15) is 16.8 Å². The quantitative estimate of drug-likeness (QED) is 0.410. The van der Waals surface area contributed by atoms with Crippen molar-refractivity contribution < 1.29 is 25.9 Å². The molecule has 154 valence electrons. The van der Waals surface area contributed by atoms with Gasteiger partial charge in [-0.05, 0) is 0 Å². The number of hydrogen-bond donors (Lipinski definition) is 2. The number of nitrogens with zero attached hydrogens (tertiary/aromatic N) is 4. The Morgan fingerprint density at radius 1 is 0.500 bits per heavy atom. The van der Waals surface area contributed by atoms with Crippen LogP contribution in [-0.2, 0) is 20.2 Å². The third-order valence-corrected chi connectivity index (χ3v) is 6.39. The molecule has 0 unspecified atom stereocenters. The number of rotatable bonds is 9. The standard InChI is InChI=1S/C14H30N4O6S2/c19-25(20,21)13-11-17-7-3-15(4-8-17)1-2-16-5-9-18(10-6-16)12-14-26(22,23)24/h1-14H2,(H,19,20,21)(H,22,23,24). The van der Waals surface area contributed by atoms with Gasteiger partial charge in [0.25, 0.3) is 20.2 Å². The van der Waals surface area contributed by atoms with Gasteiger partial charge in [0.15, 0.2) is 0 Å². The maximum Gasteiger partial charge on any atom is 0.266 e. The molecule has 2 aliphatic heterocycles. The van der Waals surface area contributed by atoms with E-state index in [0.717, 1.165) is 65.4 Å². The average molecular weight is 415 g/mol. The van der Waals surface area contributed by atoms with Crippen LogP contribution in [0, 0.1) is 0 Å². The highest BCUT2D eigenvalue weighted by atomic mass is 32.2. The van der Waals surface area contributed by atoms with Gasteiger partial charge in [0, 0.05) is 78.5 Å². The Bertz CT molecular complexity index is 570. The molecule has 0 bridgehead atoms. The molecule has 26 heavy (non-hydrogen) atoms. The molecule has 0 spiro atoms. The monoisotopic (exact) mass is 414 g/mol. The van der Waals surface area contributed by atoms with Crippen LogP contribution in [-0.4, -0.2) is 136 Å². The Balaban J connectivity index is 1.57. The first-order valence-corrected chi connectivity index (χ1v) is 12.1. The van der Waals surface area contributed by atoms with Crippen LogP contribution in [0.4, 0.5) is 0 Å². The largest absolute Gasteiger partial charge is 0.300 e. The Kier molecular flexibility index (Phi) is 8.22. The summed E-state index contributed by atoms with van der Waals surface area (Å²) >= 11 is 0. The summed E-state index contributed by atoms with van der Waals surface area (Å²) < 4.78 is 60.8. The van der Waals surface area contributed by atoms with E-state index in [2.05, 4.69) is 19.6 Å². The van der Waals surface area contributed by atoms with E-state index >= 15 is 0 Å². The van der Waals surface area contributed by atoms with Crippen LogP contribution in [0.1, 0.15) is 0 Å². The molecular weight excluding hydrogens is 384 g/mol. The minimum absolute atomic E-state index is 0.213. The van der Waals surface area contributed by atoms with Gasteiger partial charge in [0.1, 0.15) is 0 Å². The number of hydrogen-bond acceptors (Lipinski definition) is 8. The zero-order valence-electron chi connectivity index (χ0n) is 15.0. The smallest absolute Gasteiger partial charge is 0.266 e. The second-order valence-corrected chi connectivity index (χ2v) is 10.1. The molecule has 0 atom stereocenters. The summed E-state index contributed by atoms with van der Waals surface area (Å²) in [5, 5.41) is 0. The van der Waals surface area contributed by atoms with Crippen molar-refractivity contribution in [1.29, 1.82) is 0 Å². The van der Waals surface area contributed by atoms with Crippen LogP contribution in [0.15, 0.2) is 0 Å². The maximum absolute atomic E-state index is 10.8. The van der Waals surface area contributed by atoms with Crippen LogP contribution in [0.25, 0.3) is 0 Å². The Hall–Kier alpha value is -0.340. The lowest BCUT2D eigenvalue weighted by molar-refractivity contribution is 0.0983. The molecule has 10 nitrogen and oxygen atoms in total. The predicted molar refractivity (Wildman–Crippen MR) is 98.6 cm³/mol. The van der Waals surface area contributed by atoms with E-state index in [4.69, 9.17) is 9.11 Å². The van der Waals surface area contributed by atoms with E-state index in [1.807, 2.05) is 0 Å². The summed E-state index contributed by atoms with van der Waals surface area (Å²) in [6.07, 6.45) is 0. The Labute approximate surface area is 156 Å². The fourth-order valence-electron chi connectivity index (χ4n) is 3.24. The lowest BCUT2D eigenvalue weighted by Gasteiger charge is -2.38. The van der Waals surface area contributed by atoms with Gasteiger partial charge in [-0.3, -0.25) is 28.7 Å². The highest BCUT2D eigenvalue weighted by Gasteiger charge is 2.21. The molecule has 0 amide bonds. The van der Waals surface area contributed by atoms with Crippen LogP contribution < -0.4 is 0 Å². The maximum atomic E-state index is 10.8. The SMILES string of the molecule is O=S(=O)(O)CCN1CCN(CCN2CCN(CCS(=O)(=O)O)CC2)CC1. The van der Waals surface area contributed by atoms with Gasteiger partial charge in [-0.1, -0.05) is 0 Å². The zero-order valence-corrected chi connectivity index (χ0v) is 16.7. The minimum atomic E-state index is -3.89. The summed E-state index contributed by atoms with van der Waals surface area (Å²) in [4.78, 5) is 8.82. The van der Waals surface area contributed by atoms with Gasteiger partial charge in [0.2, 0.25) is 0 Å². The molecule has 0 radical (unpaired) electrons. The van der Waals surface area contributed by atoms with Gasteiger partial charge in [-0.25, -0.2) is 0 Å². The van der Waals surface area contributed by atoms with Gasteiger partial charge >= 0.3 is 0 Å². The van der Waals surface area contributed by atoms with Crippen molar-refractivity contribution in [2.45, 2.75) is 0 Å². The molecule has 2 rings (SSSR count). The third-order valence-electron chi connectivity index (χ3n) is 4.99. The lowest BCUT2D eigenvalue weighted by Crippen LogP contribution is -2.52. The van der Waals surface area contributed by atoms with E-state index in [-0.39, 0.29) is 11.5 Å². The van der Waals surface area contributed by atoms with Crippen LogP contribution in [0.2, 0.25) is 0 Å². The molecular formula is C14H30N4O6S2. The van der Waals surface area contributed by atoms with Crippen LogP contribution >= 0.6 is 0 Å². The van der Waals surface area contributed by atoms with E-state index in [0.29, 0.717) is 13.1 Å². The molecule has 0 aliphatic carbocycles. The van der Waals surface area contributed by atoms with E-state index < -0.39 is 20.2 Å². The highest BCUT2D eigenvalue weighted by molar-refractivity contribution is 7.86. The summed E-state index contributed by atoms with van der Waals surface area (Å²) in [6.45, 7) is 9.43. The molecule has 2 fully saturated rings. The fourth-order valence-corrected chi connectivity index (χ4v) is 4.22. The van der Waals surface area contributed by atoms with Gasteiger partial charge in [-0.15, -0.1) is 0 Å². The van der Waals surface area contributed by atoms with Gasteiger partial charge in [-0.2, -0.15) is 16.8 Å². The first kappa shape index (κ1) is 22.0. The normalized spacial score (nSPS) is 22.7. The highest BCUT2D eigenvalue weighted by Crippen LogP contribution is 2.05. The summed E-state index contributed by atoms with van der Waals surface area (Å²) in [5.41, 5.74) is 0. The Morgan fingerprint density at radius 2 is 0.731 bits per heavy atom. The molecule has 0 aromatic heterocycles. The molecule has 2 saturated heterocycles. The summed E-state index contributed by atoms with van der Waals surface area (Å²) in [6, 6.07) is 0. The van der Waals surface area contributed by atoms with Crippen molar-refractivity contribution in [3.8, 4) is 0 Å². The summed E-state index contributed by atoms with van der Waals surface area (Å²) in [7, 11) is -7.78. The van der Waals surface area contributed by atoms with Crippen molar-refractivity contribution in [3.63, 3.8) is 0 Å². The molecule has 0 aromatic carbocycles. The zero-order chi connectivity index (χ0) is 19.2. The van der Waals surface area contributed by atoms with E-state index in [1.54, 1.807) is 0 Å². The second kappa shape index (κ2) is 9.73. The topological polar surface area (TPSA) is 122 Å². The predicted octanol–water partition coefficient (Wildman–Crippen LogP) is -2.00. The molecule has 2 heterocycles. The Morgan fingerprint density at radius 3 is 0.962 bits per heavy atom. The van der Waals surface area contributed by atoms with Gasteiger partial charge < -0.3 is 0 Å². The summed E-state index contributed by atoms with van der Waals surface area (Å²) in [5.74, 6) is -0.427. The number of piperazine rings is 2.